The fourth-order valence-corrected chi connectivity index (χ4v) is 2.23. The molecule has 1 aliphatic heterocycles. The van der Waals surface area contributed by atoms with E-state index in [0.29, 0.717) is 12.1 Å². The second-order valence-electron chi connectivity index (χ2n) is 4.92. The molecule has 0 bridgehead atoms. The predicted molar refractivity (Wildman–Crippen MR) is 81.5 cm³/mol. The maximum atomic E-state index is 12.0. The van der Waals surface area contributed by atoms with Crippen molar-refractivity contribution in [3.05, 3.63) is 23.8 Å². The van der Waals surface area contributed by atoms with E-state index in [-0.39, 0.29) is 5.91 Å². The number of fused-ring (bicyclic) bond motifs is 1. The number of amides is 1. The normalized spacial score (nSPS) is 13.1. The summed E-state index contributed by atoms with van der Waals surface area (Å²) in [5.74, 6) is -0.00749. The first-order valence-corrected chi connectivity index (χ1v) is 7.20. The number of unbranched alkanes of at least 4 members (excludes halogenated alkanes) is 2. The van der Waals surface area contributed by atoms with E-state index >= 15 is 0 Å². The number of benzene rings is 1. The van der Waals surface area contributed by atoms with Crippen molar-refractivity contribution >= 4 is 17.3 Å². The van der Waals surface area contributed by atoms with Crippen LogP contribution in [0.4, 0.5) is 11.4 Å². The summed E-state index contributed by atoms with van der Waals surface area (Å²) in [4.78, 5) is 12.0. The monoisotopic (exact) mass is 277 g/mol. The molecule has 1 aromatic rings. The SMILES string of the molecule is COCCCCCNC(=O)c1ccc2c(c1)NCCN2. The van der Waals surface area contributed by atoms with E-state index in [9.17, 15) is 4.79 Å². The number of carbonyl (C=O) groups is 1. The Kier molecular flexibility index (Phi) is 5.68. The third-order valence-electron chi connectivity index (χ3n) is 3.35. The first-order chi connectivity index (χ1) is 9.81. The molecule has 0 spiro atoms. The van der Waals surface area contributed by atoms with Crippen LogP contribution in [-0.2, 0) is 4.74 Å². The molecular formula is C15H23N3O2. The smallest absolute Gasteiger partial charge is 0.251 e. The number of anilines is 2. The van der Waals surface area contributed by atoms with Gasteiger partial charge < -0.3 is 20.7 Å². The van der Waals surface area contributed by atoms with Crippen molar-refractivity contribution in [3.63, 3.8) is 0 Å². The van der Waals surface area contributed by atoms with Gasteiger partial charge in [-0.2, -0.15) is 0 Å². The molecule has 0 saturated carbocycles. The van der Waals surface area contributed by atoms with Gasteiger partial charge in [0.25, 0.3) is 5.91 Å². The van der Waals surface area contributed by atoms with Crippen molar-refractivity contribution in [2.45, 2.75) is 19.3 Å². The standard InChI is InChI=1S/C15H23N3O2/c1-20-10-4-2-3-7-18-15(19)12-5-6-13-14(11-12)17-9-8-16-13/h5-6,11,16-17H,2-4,7-10H2,1H3,(H,18,19). The highest BCUT2D eigenvalue weighted by atomic mass is 16.5. The highest BCUT2D eigenvalue weighted by molar-refractivity contribution is 5.96. The van der Waals surface area contributed by atoms with E-state index in [1.807, 2.05) is 18.2 Å². The number of methoxy groups -OCH3 is 1. The van der Waals surface area contributed by atoms with E-state index in [1.165, 1.54) is 0 Å². The molecule has 1 amide bonds. The van der Waals surface area contributed by atoms with E-state index in [4.69, 9.17) is 4.74 Å². The van der Waals surface area contributed by atoms with Gasteiger partial charge in [0.2, 0.25) is 0 Å². The molecule has 110 valence electrons. The van der Waals surface area contributed by atoms with Crippen molar-refractivity contribution in [2.75, 3.05) is 44.0 Å². The molecule has 0 unspecified atom stereocenters. The molecule has 3 N–H and O–H groups in total. The summed E-state index contributed by atoms with van der Waals surface area (Å²) >= 11 is 0. The molecule has 1 heterocycles. The maximum absolute atomic E-state index is 12.0. The molecule has 0 saturated heterocycles. The minimum atomic E-state index is -0.00749. The van der Waals surface area contributed by atoms with Crippen molar-refractivity contribution < 1.29 is 9.53 Å². The topological polar surface area (TPSA) is 62.4 Å². The van der Waals surface area contributed by atoms with Gasteiger partial charge in [-0.1, -0.05) is 0 Å². The van der Waals surface area contributed by atoms with Gasteiger partial charge in [-0.15, -0.1) is 0 Å². The van der Waals surface area contributed by atoms with Gasteiger partial charge in [-0.3, -0.25) is 4.79 Å². The van der Waals surface area contributed by atoms with Crippen LogP contribution in [-0.4, -0.2) is 39.3 Å². The molecule has 1 aliphatic rings. The van der Waals surface area contributed by atoms with Crippen molar-refractivity contribution in [3.8, 4) is 0 Å². The minimum absolute atomic E-state index is 0.00749. The first kappa shape index (κ1) is 14.7. The Balaban J connectivity index is 1.77. The molecular weight excluding hydrogens is 254 g/mol. The van der Waals surface area contributed by atoms with Crippen LogP contribution in [0.3, 0.4) is 0 Å². The molecule has 0 fully saturated rings. The van der Waals surface area contributed by atoms with Crippen LogP contribution in [0.1, 0.15) is 29.6 Å². The average Bonchev–Trinajstić information content (AvgIpc) is 2.50. The Bertz CT molecular complexity index is 449. The zero-order valence-corrected chi connectivity index (χ0v) is 12.0. The van der Waals surface area contributed by atoms with Crippen LogP contribution in [0, 0.1) is 0 Å². The second-order valence-corrected chi connectivity index (χ2v) is 4.92. The number of rotatable bonds is 7. The molecule has 20 heavy (non-hydrogen) atoms. The summed E-state index contributed by atoms with van der Waals surface area (Å²) in [6.45, 7) is 3.31. The van der Waals surface area contributed by atoms with Crippen LogP contribution in [0.2, 0.25) is 0 Å². The van der Waals surface area contributed by atoms with Gasteiger partial charge in [-0.25, -0.2) is 0 Å². The number of hydrogen-bond donors (Lipinski definition) is 3. The highest BCUT2D eigenvalue weighted by Gasteiger charge is 2.11. The highest BCUT2D eigenvalue weighted by Crippen LogP contribution is 2.25. The number of carbonyl (C=O) groups excluding carboxylic acids is 1. The lowest BCUT2D eigenvalue weighted by molar-refractivity contribution is 0.0952. The Morgan fingerprint density at radius 3 is 2.80 bits per heavy atom. The number of nitrogens with one attached hydrogen (secondary N) is 3. The Hall–Kier alpha value is -1.75. The zero-order valence-electron chi connectivity index (χ0n) is 12.0. The lowest BCUT2D eigenvalue weighted by Gasteiger charge is -2.20. The Labute approximate surface area is 120 Å². The van der Waals surface area contributed by atoms with E-state index < -0.39 is 0 Å². The summed E-state index contributed by atoms with van der Waals surface area (Å²) < 4.78 is 4.99. The fraction of sp³-hybridized carbons (Fsp3) is 0.533. The third kappa shape index (κ3) is 4.13. The van der Waals surface area contributed by atoms with Crippen molar-refractivity contribution in [2.24, 2.45) is 0 Å². The number of hydrogen-bond acceptors (Lipinski definition) is 4. The van der Waals surface area contributed by atoms with Gasteiger partial charge in [0.05, 0.1) is 11.4 Å². The van der Waals surface area contributed by atoms with Crippen molar-refractivity contribution in [1.82, 2.24) is 5.32 Å². The molecule has 5 heteroatoms. The molecule has 0 atom stereocenters. The lowest BCUT2D eigenvalue weighted by atomic mass is 10.1. The second kappa shape index (κ2) is 7.75. The fourth-order valence-electron chi connectivity index (χ4n) is 2.23. The van der Waals surface area contributed by atoms with Gasteiger partial charge in [0.1, 0.15) is 0 Å². The van der Waals surface area contributed by atoms with Crippen LogP contribution < -0.4 is 16.0 Å². The molecule has 5 nitrogen and oxygen atoms in total. The van der Waals surface area contributed by atoms with Crippen LogP contribution in [0.15, 0.2) is 18.2 Å². The summed E-state index contributed by atoms with van der Waals surface area (Å²) in [5.41, 5.74) is 2.77. The summed E-state index contributed by atoms with van der Waals surface area (Å²) in [5, 5.41) is 9.54. The van der Waals surface area contributed by atoms with E-state index in [2.05, 4.69) is 16.0 Å². The maximum Gasteiger partial charge on any atom is 0.251 e. The summed E-state index contributed by atoms with van der Waals surface area (Å²) in [6, 6.07) is 5.72. The van der Waals surface area contributed by atoms with Gasteiger partial charge in [0.15, 0.2) is 0 Å². The van der Waals surface area contributed by atoms with E-state index in [0.717, 1.165) is 50.3 Å². The summed E-state index contributed by atoms with van der Waals surface area (Å²) in [6.07, 6.45) is 3.10. The van der Waals surface area contributed by atoms with Crippen molar-refractivity contribution in [1.29, 1.82) is 0 Å². The minimum Gasteiger partial charge on any atom is -0.385 e. The lowest BCUT2D eigenvalue weighted by Crippen LogP contribution is -2.25. The number of ether oxygens (including phenoxy) is 1. The predicted octanol–water partition coefficient (Wildman–Crippen LogP) is 2.07. The average molecular weight is 277 g/mol. The van der Waals surface area contributed by atoms with Crippen LogP contribution in [0.5, 0.6) is 0 Å². The summed E-state index contributed by atoms with van der Waals surface area (Å²) in [7, 11) is 1.71. The largest absolute Gasteiger partial charge is 0.385 e. The van der Waals surface area contributed by atoms with Gasteiger partial charge in [-0.05, 0) is 37.5 Å². The molecule has 0 aliphatic carbocycles. The van der Waals surface area contributed by atoms with Gasteiger partial charge >= 0.3 is 0 Å². The molecule has 0 aromatic heterocycles. The zero-order chi connectivity index (χ0) is 14.2. The van der Waals surface area contributed by atoms with Gasteiger partial charge in [0, 0.05) is 38.9 Å². The Morgan fingerprint density at radius 2 is 2.00 bits per heavy atom. The third-order valence-corrected chi connectivity index (χ3v) is 3.35. The Morgan fingerprint density at radius 1 is 1.20 bits per heavy atom. The first-order valence-electron chi connectivity index (χ1n) is 7.20. The molecule has 2 rings (SSSR count). The van der Waals surface area contributed by atoms with Crippen LogP contribution >= 0.6 is 0 Å². The molecule has 1 aromatic carbocycles. The molecule has 0 radical (unpaired) electrons. The van der Waals surface area contributed by atoms with Crippen LogP contribution in [0.25, 0.3) is 0 Å². The van der Waals surface area contributed by atoms with E-state index in [1.54, 1.807) is 7.11 Å². The quantitative estimate of drug-likeness (QED) is 0.668.